The zero-order valence-electron chi connectivity index (χ0n) is 73.7. The first-order chi connectivity index (χ1) is 44.1. The van der Waals surface area contributed by atoms with Crippen LogP contribution < -0.4 is 5.32 Å². The van der Waals surface area contributed by atoms with Crippen molar-refractivity contribution in [3.05, 3.63) is 0 Å². The Morgan fingerprint density at radius 3 is 1.00 bits per heavy atom. The zero-order valence-corrected chi connectivity index (χ0v) is 74.5. The van der Waals surface area contributed by atoms with E-state index in [-0.39, 0.29) is 64.0 Å². The minimum atomic E-state index is -0.806. The fraction of sp³-hybridized carbons (Fsp3) is 0.952. The van der Waals surface area contributed by atoms with Gasteiger partial charge in [-0.1, -0.05) is 187 Å². The quantitative estimate of drug-likeness (QED) is 0.0362. The predicted octanol–water partition coefficient (Wildman–Crippen LogP) is 22.6. The van der Waals surface area contributed by atoms with Crippen LogP contribution in [0, 0.1) is 55.7 Å². The number of aliphatic hydroxyl groups excluding tert-OH is 1. The molecule has 0 radical (unpaired) electrons. The predicted molar refractivity (Wildman–Crippen MR) is 430 cm³/mol. The molecule has 0 aliphatic heterocycles. The summed E-state index contributed by atoms with van der Waals surface area (Å²) >= 11 is 2.13. The Balaban J connectivity index is -0.000000200. The summed E-state index contributed by atoms with van der Waals surface area (Å²) in [7, 11) is 2.26. The highest BCUT2D eigenvalue weighted by Gasteiger charge is 2.22. The van der Waals surface area contributed by atoms with Gasteiger partial charge in [0, 0.05) is 45.1 Å². The lowest BCUT2D eigenvalue weighted by atomic mass is 9.90. The van der Waals surface area contributed by atoms with Crippen molar-refractivity contribution in [3.8, 4) is 0 Å². The van der Waals surface area contributed by atoms with Crippen LogP contribution in [0.2, 0.25) is 0 Å². The maximum Gasteiger partial charge on any atom is 0.311 e. The molecule has 0 fully saturated rings. The molecule has 0 atom stereocenters. The van der Waals surface area contributed by atoms with Crippen molar-refractivity contribution in [2.45, 2.75) is 395 Å². The third kappa shape index (κ3) is 112. The second kappa shape index (κ2) is 56.3. The van der Waals surface area contributed by atoms with Gasteiger partial charge in [0.2, 0.25) is 12.2 Å². The van der Waals surface area contributed by atoms with Crippen LogP contribution in [0.1, 0.15) is 360 Å². The van der Waals surface area contributed by atoms with E-state index >= 15 is 0 Å². The van der Waals surface area contributed by atoms with Crippen LogP contribution >= 0.6 is 11.8 Å². The van der Waals surface area contributed by atoms with E-state index in [0.29, 0.717) is 71.2 Å². The summed E-state index contributed by atoms with van der Waals surface area (Å²) in [5.74, 6) is 1.94. The van der Waals surface area contributed by atoms with Gasteiger partial charge >= 0.3 is 17.9 Å². The van der Waals surface area contributed by atoms with Gasteiger partial charge in [0.1, 0.15) is 6.10 Å². The molecule has 0 bridgehead atoms. The van der Waals surface area contributed by atoms with Gasteiger partial charge in [0.05, 0.1) is 48.0 Å². The van der Waals surface area contributed by atoms with Crippen molar-refractivity contribution in [3.63, 3.8) is 0 Å². The van der Waals surface area contributed by atoms with Gasteiger partial charge in [-0.05, 0) is 230 Å². The number of hydrogen-bond acceptors (Lipinski definition) is 14. The Hall–Kier alpha value is -2.01. The molecule has 0 rings (SSSR count). The molecular formula is C84H176N2O12S. The number of amides is 1. The summed E-state index contributed by atoms with van der Waals surface area (Å²) in [5.41, 5.74) is 2.13. The molecule has 1 amide bonds. The second-order valence-corrected chi connectivity index (χ2v) is 40.9. The standard InChI is InChI=1S/C15H33N.C14H30O.C14H30S.C12H25NO2.C11H24O3.C10H18O4.C8H16O2/c1-14(2,3)10-8-12-16(7)13-9-11-15(4,5)6;2*1-13(2,3)9-7-11-15-12-8-10-14(4,5)6;1-11(2,3)10(14)13-8-7-9-15-12(4,5)6;1-10(2,3)13-7-9(12)8-14-11(4,5)6;1-6(2)9(11)13-8(5)14-10(12)7(3)4;1-6(2)5-8(9)10-7(3)4/h8-13H2,1-7H3;2*7-12H2,1-6H3;7-9H2,1-6H3,(H,13,14);9,12H,7-8H2,1-6H3;6-8H,1-5H3;6-7H,5H2,1-4H3. The van der Waals surface area contributed by atoms with Crippen LogP contribution in [0.15, 0.2) is 0 Å². The average Bonchev–Trinajstić information content (AvgIpc) is 0.947. The van der Waals surface area contributed by atoms with E-state index < -0.39 is 12.4 Å². The number of aliphatic hydroxyl groups is 1. The molecule has 0 spiro atoms. The lowest BCUT2D eigenvalue weighted by Gasteiger charge is -2.25. The fourth-order valence-electron chi connectivity index (χ4n) is 7.82. The summed E-state index contributed by atoms with van der Waals surface area (Å²) in [6.45, 7) is 87.8. The molecule has 600 valence electrons. The SMILES string of the molecule is CC(C)(C)CCCOCCCC(C)(C)C.CC(C)(C)CCCSCCCC(C)(C)C.CC(C)(C)OCC(O)COC(C)(C)C.CC(C)(C)OCCCNC(=O)C(C)(C)C.CC(C)CC(=O)OC(C)C.CC(OC(=O)C(C)C)OC(=O)C(C)C.CN(CCCC(C)(C)C)CCCC(C)(C)C. The number of nitrogens with one attached hydrogen (secondary N) is 1. The van der Waals surface area contributed by atoms with E-state index in [1.807, 2.05) is 111 Å². The summed E-state index contributed by atoms with van der Waals surface area (Å²) in [6.07, 6.45) is 15.7. The van der Waals surface area contributed by atoms with Crippen LogP contribution in [0.3, 0.4) is 0 Å². The van der Waals surface area contributed by atoms with Crippen molar-refractivity contribution in [2.24, 2.45) is 55.7 Å². The van der Waals surface area contributed by atoms with Gasteiger partial charge < -0.3 is 48.5 Å². The first-order valence-electron chi connectivity index (χ1n) is 38.4. The van der Waals surface area contributed by atoms with E-state index in [1.165, 1.54) is 109 Å². The van der Waals surface area contributed by atoms with Crippen LogP contribution in [0.25, 0.3) is 0 Å². The molecule has 0 aromatic rings. The molecule has 0 aliphatic rings. The Morgan fingerprint density at radius 1 is 0.414 bits per heavy atom. The number of carbonyl (C=O) groups is 4. The van der Waals surface area contributed by atoms with Crippen molar-refractivity contribution < 1.29 is 57.4 Å². The second-order valence-electron chi connectivity index (χ2n) is 39.7. The fourth-order valence-corrected chi connectivity index (χ4v) is 8.72. The van der Waals surface area contributed by atoms with Gasteiger partial charge in [0.25, 0.3) is 0 Å². The molecule has 0 aliphatic carbocycles. The van der Waals surface area contributed by atoms with Crippen molar-refractivity contribution in [2.75, 3.05) is 71.2 Å². The monoisotopic (exact) mass is 1440 g/mol. The number of rotatable bonds is 33. The molecule has 0 aromatic heterocycles. The molecular weight excluding hydrogens is 1260 g/mol. The van der Waals surface area contributed by atoms with Crippen molar-refractivity contribution in [1.82, 2.24) is 10.2 Å². The van der Waals surface area contributed by atoms with Gasteiger partial charge in [-0.15, -0.1) is 0 Å². The van der Waals surface area contributed by atoms with Crippen molar-refractivity contribution in [1.29, 1.82) is 0 Å². The molecule has 0 aromatic carbocycles. The third-order valence-electron chi connectivity index (χ3n) is 13.5. The molecule has 0 saturated heterocycles. The number of esters is 3. The Morgan fingerprint density at radius 2 is 0.727 bits per heavy atom. The largest absolute Gasteiger partial charge is 0.463 e. The summed E-state index contributed by atoms with van der Waals surface area (Å²) in [4.78, 5) is 47.0. The maximum atomic E-state index is 11.5. The smallest absolute Gasteiger partial charge is 0.311 e. The Bertz CT molecular complexity index is 1770. The first kappa shape index (κ1) is 110. The zero-order chi connectivity index (χ0) is 79.7. The highest BCUT2D eigenvalue weighted by atomic mass is 32.2. The molecule has 0 saturated carbocycles. The summed E-state index contributed by atoms with van der Waals surface area (Å²) < 4.78 is 36.6. The average molecular weight is 1440 g/mol. The Kier molecular flexibility index (Phi) is 62.8. The van der Waals surface area contributed by atoms with Gasteiger partial charge in [-0.25, -0.2) is 0 Å². The van der Waals surface area contributed by atoms with Crippen molar-refractivity contribution >= 4 is 35.6 Å². The number of nitrogens with zero attached hydrogens (tertiary/aromatic N) is 1. The topological polar surface area (TPSA) is 168 Å². The van der Waals surface area contributed by atoms with Crippen LogP contribution in [-0.2, 0) is 52.3 Å². The third-order valence-corrected chi connectivity index (χ3v) is 14.6. The van der Waals surface area contributed by atoms with E-state index in [1.54, 1.807) is 27.7 Å². The highest BCUT2D eigenvalue weighted by molar-refractivity contribution is 7.99. The molecule has 0 unspecified atom stereocenters. The number of thioether (sulfide) groups is 1. The van der Waals surface area contributed by atoms with E-state index in [9.17, 15) is 24.3 Å². The Labute approximate surface area is 622 Å². The molecule has 2 N–H and O–H groups in total. The number of ether oxygens (including phenoxy) is 7. The van der Waals surface area contributed by atoms with E-state index in [2.05, 4.69) is 154 Å². The molecule has 0 heterocycles. The van der Waals surface area contributed by atoms with Crippen LogP contribution in [0.4, 0.5) is 0 Å². The van der Waals surface area contributed by atoms with Crippen LogP contribution in [-0.4, -0.2) is 140 Å². The first-order valence-corrected chi connectivity index (χ1v) is 39.6. The normalized spacial score (nSPS) is 12.6. The summed E-state index contributed by atoms with van der Waals surface area (Å²) in [6, 6.07) is 0. The van der Waals surface area contributed by atoms with Gasteiger partial charge in [0.15, 0.2) is 0 Å². The lowest BCUT2D eigenvalue weighted by Crippen LogP contribution is -2.35. The minimum absolute atomic E-state index is 0.0197. The number of hydrogen-bond donors (Lipinski definition) is 2. The highest BCUT2D eigenvalue weighted by Crippen LogP contribution is 2.27. The lowest BCUT2D eigenvalue weighted by molar-refractivity contribution is -0.189. The van der Waals surface area contributed by atoms with E-state index in [4.69, 9.17) is 33.2 Å². The van der Waals surface area contributed by atoms with Gasteiger partial charge in [-0.3, -0.25) is 19.2 Å². The van der Waals surface area contributed by atoms with Crippen LogP contribution in [0.5, 0.6) is 0 Å². The van der Waals surface area contributed by atoms with Gasteiger partial charge in [-0.2, -0.15) is 11.8 Å². The summed E-state index contributed by atoms with van der Waals surface area (Å²) in [5, 5.41) is 12.4. The maximum absolute atomic E-state index is 11.5. The number of carbonyl (C=O) groups excluding carboxylic acids is 4. The minimum Gasteiger partial charge on any atom is -0.463 e. The van der Waals surface area contributed by atoms with E-state index in [0.717, 1.165) is 19.6 Å². The molecule has 14 nitrogen and oxygen atoms in total. The molecule has 15 heteroatoms. The molecule has 99 heavy (non-hydrogen) atoms.